The SMILES string of the molecule is CCOc1ccc(N2C(=O)NC(=O)/C(=C\c3ccc(N(C)C)c(Br)c3)C2=O)cc1. The van der Waals surface area contributed by atoms with Crippen LogP contribution in [0.4, 0.5) is 16.2 Å². The molecule has 1 aliphatic rings. The van der Waals surface area contributed by atoms with Crippen LogP contribution in [0.3, 0.4) is 0 Å². The molecule has 0 spiro atoms. The highest BCUT2D eigenvalue weighted by Crippen LogP contribution is 2.28. The van der Waals surface area contributed by atoms with Gasteiger partial charge in [-0.15, -0.1) is 0 Å². The van der Waals surface area contributed by atoms with E-state index in [0.29, 0.717) is 23.6 Å². The molecule has 0 saturated carbocycles. The highest BCUT2D eigenvalue weighted by molar-refractivity contribution is 9.10. The lowest BCUT2D eigenvalue weighted by molar-refractivity contribution is -0.122. The number of hydrogen-bond acceptors (Lipinski definition) is 5. The Kier molecular flexibility index (Phi) is 6.03. The van der Waals surface area contributed by atoms with Gasteiger partial charge in [0.05, 0.1) is 18.0 Å². The number of urea groups is 1. The third-order valence-electron chi connectivity index (χ3n) is 4.27. The van der Waals surface area contributed by atoms with Crippen LogP contribution in [0.25, 0.3) is 6.08 Å². The van der Waals surface area contributed by atoms with E-state index in [1.54, 1.807) is 36.4 Å². The highest BCUT2D eigenvalue weighted by atomic mass is 79.9. The molecule has 4 amide bonds. The van der Waals surface area contributed by atoms with Gasteiger partial charge >= 0.3 is 6.03 Å². The summed E-state index contributed by atoms with van der Waals surface area (Å²) in [7, 11) is 3.83. The molecule has 1 heterocycles. The molecule has 1 aliphatic heterocycles. The summed E-state index contributed by atoms with van der Waals surface area (Å²) in [5.74, 6) is -0.787. The van der Waals surface area contributed by atoms with Crippen molar-refractivity contribution in [3.05, 3.63) is 58.1 Å². The summed E-state index contributed by atoms with van der Waals surface area (Å²) in [6.07, 6.45) is 1.47. The van der Waals surface area contributed by atoms with Crippen LogP contribution in [-0.4, -0.2) is 38.5 Å². The number of anilines is 2. The zero-order valence-corrected chi connectivity index (χ0v) is 17.8. The maximum Gasteiger partial charge on any atom is 0.335 e. The maximum absolute atomic E-state index is 12.9. The van der Waals surface area contributed by atoms with Crippen molar-refractivity contribution in [2.24, 2.45) is 0 Å². The number of nitrogens with zero attached hydrogens (tertiary/aromatic N) is 2. The first-order valence-corrected chi connectivity index (χ1v) is 9.72. The smallest absolute Gasteiger partial charge is 0.335 e. The van der Waals surface area contributed by atoms with Gasteiger partial charge in [0.25, 0.3) is 11.8 Å². The molecular formula is C21H20BrN3O4. The first kappa shape index (κ1) is 20.6. The second-order valence-electron chi connectivity index (χ2n) is 6.49. The number of barbiturate groups is 1. The minimum Gasteiger partial charge on any atom is -0.494 e. The van der Waals surface area contributed by atoms with Gasteiger partial charge in [-0.25, -0.2) is 9.69 Å². The number of benzene rings is 2. The summed E-state index contributed by atoms with van der Waals surface area (Å²) in [6.45, 7) is 2.37. The van der Waals surface area contributed by atoms with Gasteiger partial charge in [0.15, 0.2) is 0 Å². The van der Waals surface area contributed by atoms with Crippen molar-refractivity contribution in [2.75, 3.05) is 30.5 Å². The Bertz CT molecular complexity index is 999. The van der Waals surface area contributed by atoms with Gasteiger partial charge in [-0.3, -0.25) is 14.9 Å². The number of halogens is 1. The predicted molar refractivity (Wildman–Crippen MR) is 115 cm³/mol. The van der Waals surface area contributed by atoms with E-state index in [0.717, 1.165) is 15.1 Å². The summed E-state index contributed by atoms with van der Waals surface area (Å²) in [4.78, 5) is 40.4. The summed E-state index contributed by atoms with van der Waals surface area (Å²) in [5.41, 5.74) is 1.83. The molecule has 1 fully saturated rings. The van der Waals surface area contributed by atoms with Crippen molar-refractivity contribution in [2.45, 2.75) is 6.92 Å². The summed E-state index contributed by atoms with van der Waals surface area (Å²) >= 11 is 3.49. The normalized spacial score (nSPS) is 15.5. The molecule has 8 heteroatoms. The second kappa shape index (κ2) is 8.48. The molecule has 1 saturated heterocycles. The Labute approximate surface area is 177 Å². The fraction of sp³-hybridized carbons (Fsp3) is 0.190. The molecule has 2 aromatic rings. The van der Waals surface area contributed by atoms with Gasteiger partial charge in [-0.05, 0) is 70.9 Å². The topological polar surface area (TPSA) is 79.0 Å². The molecule has 3 rings (SSSR count). The second-order valence-corrected chi connectivity index (χ2v) is 7.34. The van der Waals surface area contributed by atoms with Gasteiger partial charge in [-0.2, -0.15) is 0 Å². The minimum atomic E-state index is -0.787. The van der Waals surface area contributed by atoms with Crippen LogP contribution in [0.5, 0.6) is 5.75 Å². The lowest BCUT2D eigenvalue weighted by Gasteiger charge is -2.26. The molecule has 29 heavy (non-hydrogen) atoms. The van der Waals surface area contributed by atoms with Crippen LogP contribution in [0, 0.1) is 0 Å². The van der Waals surface area contributed by atoms with Crippen LogP contribution in [-0.2, 0) is 9.59 Å². The first-order chi connectivity index (χ1) is 13.8. The fourth-order valence-electron chi connectivity index (χ4n) is 2.89. The quantitative estimate of drug-likeness (QED) is 0.548. The zero-order valence-electron chi connectivity index (χ0n) is 16.2. The van der Waals surface area contributed by atoms with Gasteiger partial charge in [0.1, 0.15) is 11.3 Å². The third kappa shape index (κ3) is 4.32. The molecular weight excluding hydrogens is 438 g/mol. The van der Waals surface area contributed by atoms with E-state index in [2.05, 4.69) is 21.2 Å². The lowest BCUT2D eigenvalue weighted by Crippen LogP contribution is -2.54. The van der Waals surface area contributed by atoms with E-state index in [1.165, 1.54) is 6.08 Å². The van der Waals surface area contributed by atoms with Crippen molar-refractivity contribution in [3.63, 3.8) is 0 Å². The van der Waals surface area contributed by atoms with Gasteiger partial charge in [0.2, 0.25) is 0 Å². The van der Waals surface area contributed by atoms with Crippen molar-refractivity contribution in [3.8, 4) is 5.75 Å². The molecule has 0 bridgehead atoms. The van der Waals surface area contributed by atoms with Crippen molar-refractivity contribution < 1.29 is 19.1 Å². The number of carbonyl (C=O) groups excluding carboxylic acids is 3. The average Bonchev–Trinajstić information content (AvgIpc) is 2.66. The fourth-order valence-corrected chi connectivity index (χ4v) is 3.64. The molecule has 0 atom stereocenters. The number of hydrogen-bond donors (Lipinski definition) is 1. The Hall–Kier alpha value is -3.13. The molecule has 0 radical (unpaired) electrons. The molecule has 0 aliphatic carbocycles. The van der Waals surface area contributed by atoms with Gasteiger partial charge < -0.3 is 9.64 Å². The Morgan fingerprint density at radius 3 is 2.38 bits per heavy atom. The van der Waals surface area contributed by atoms with Crippen LogP contribution in [0.2, 0.25) is 0 Å². The molecule has 0 unspecified atom stereocenters. The first-order valence-electron chi connectivity index (χ1n) is 8.93. The van der Waals surface area contributed by atoms with Crippen LogP contribution in [0.15, 0.2) is 52.5 Å². The number of amides is 4. The number of rotatable bonds is 5. The van der Waals surface area contributed by atoms with Gasteiger partial charge in [0, 0.05) is 18.6 Å². The summed E-state index contributed by atoms with van der Waals surface area (Å²) in [5, 5.41) is 2.22. The Balaban J connectivity index is 1.94. The van der Waals surface area contributed by atoms with E-state index in [-0.39, 0.29) is 5.57 Å². The number of carbonyl (C=O) groups is 3. The summed E-state index contributed by atoms with van der Waals surface area (Å²) in [6, 6.07) is 11.2. The monoisotopic (exact) mass is 457 g/mol. The Morgan fingerprint density at radius 1 is 1.10 bits per heavy atom. The summed E-state index contributed by atoms with van der Waals surface area (Å²) < 4.78 is 6.20. The van der Waals surface area contributed by atoms with E-state index < -0.39 is 17.8 Å². The predicted octanol–water partition coefficient (Wildman–Crippen LogP) is 3.58. The highest BCUT2D eigenvalue weighted by Gasteiger charge is 2.36. The van der Waals surface area contributed by atoms with Crippen molar-refractivity contribution in [1.82, 2.24) is 5.32 Å². The molecule has 7 nitrogen and oxygen atoms in total. The van der Waals surface area contributed by atoms with E-state index >= 15 is 0 Å². The van der Waals surface area contributed by atoms with Crippen molar-refractivity contribution >= 4 is 51.2 Å². The van der Waals surface area contributed by atoms with E-state index in [4.69, 9.17) is 4.74 Å². The van der Waals surface area contributed by atoms with Crippen molar-refractivity contribution in [1.29, 1.82) is 0 Å². The minimum absolute atomic E-state index is 0.122. The standard InChI is InChI=1S/C21H20BrN3O4/c1-4-29-15-8-6-14(7-9-15)25-20(27)16(19(26)23-21(25)28)11-13-5-10-18(24(2)3)17(22)12-13/h5-12H,4H2,1-3H3,(H,23,26,28)/b16-11+. The zero-order chi connectivity index (χ0) is 21.1. The largest absolute Gasteiger partial charge is 0.494 e. The number of ether oxygens (including phenoxy) is 1. The third-order valence-corrected chi connectivity index (χ3v) is 4.91. The molecule has 150 valence electrons. The van der Waals surface area contributed by atoms with E-state index in [9.17, 15) is 14.4 Å². The maximum atomic E-state index is 12.9. The van der Waals surface area contributed by atoms with Crippen LogP contribution >= 0.6 is 15.9 Å². The lowest BCUT2D eigenvalue weighted by atomic mass is 10.1. The number of imide groups is 2. The molecule has 2 aromatic carbocycles. The van der Waals surface area contributed by atoms with Crippen LogP contribution < -0.4 is 19.9 Å². The average molecular weight is 458 g/mol. The number of nitrogens with one attached hydrogen (secondary N) is 1. The molecule has 1 N–H and O–H groups in total. The van der Waals surface area contributed by atoms with Crippen LogP contribution in [0.1, 0.15) is 12.5 Å². The molecule has 0 aromatic heterocycles. The van der Waals surface area contributed by atoms with Gasteiger partial charge in [-0.1, -0.05) is 6.07 Å². The Morgan fingerprint density at radius 2 is 1.79 bits per heavy atom. The van der Waals surface area contributed by atoms with E-state index in [1.807, 2.05) is 32.0 Å².